The summed E-state index contributed by atoms with van der Waals surface area (Å²) in [6, 6.07) is 1.75. The molecule has 0 spiro atoms. The average molecular weight is 306 g/mol. The highest BCUT2D eigenvalue weighted by Gasteiger charge is 2.17. The minimum Gasteiger partial charge on any atom is -0.460 e. The van der Waals surface area contributed by atoms with Gasteiger partial charge in [0.1, 0.15) is 17.1 Å². The van der Waals surface area contributed by atoms with Gasteiger partial charge in [-0.3, -0.25) is 4.79 Å². The molecule has 0 atom stereocenters. The molecule has 0 amide bonds. The van der Waals surface area contributed by atoms with Crippen LogP contribution in [0.5, 0.6) is 0 Å². The van der Waals surface area contributed by atoms with Gasteiger partial charge < -0.3 is 9.72 Å². The minimum atomic E-state index is -0.624. The van der Waals surface area contributed by atoms with Crippen LogP contribution in [0.3, 0.4) is 0 Å². The van der Waals surface area contributed by atoms with Gasteiger partial charge in [0, 0.05) is 0 Å². The summed E-state index contributed by atoms with van der Waals surface area (Å²) in [6.07, 6.45) is 0. The number of tetrazole rings is 1. The largest absolute Gasteiger partial charge is 0.460 e. The van der Waals surface area contributed by atoms with Crippen molar-refractivity contribution < 1.29 is 9.53 Å². The zero-order chi connectivity index (χ0) is 14.8. The summed E-state index contributed by atoms with van der Waals surface area (Å²) in [4.78, 5) is 30.5. The lowest BCUT2D eigenvalue weighted by atomic mass is 10.4. The van der Waals surface area contributed by atoms with Crippen LogP contribution < -0.4 is 5.56 Å². The van der Waals surface area contributed by atoms with Gasteiger partial charge in [0.2, 0.25) is 0 Å². The first kappa shape index (κ1) is 13.4. The van der Waals surface area contributed by atoms with Crippen LogP contribution in [0.25, 0.3) is 10.2 Å². The molecule has 0 fully saturated rings. The van der Waals surface area contributed by atoms with Crippen LogP contribution in [-0.4, -0.2) is 42.8 Å². The van der Waals surface area contributed by atoms with Gasteiger partial charge in [-0.05, 0) is 28.8 Å². The number of H-pyrrole nitrogens is 1. The van der Waals surface area contributed by atoms with Gasteiger partial charge in [-0.1, -0.05) is 0 Å². The predicted octanol–water partition coefficient (Wildman–Crippen LogP) is 0.196. The van der Waals surface area contributed by atoms with Crippen LogP contribution in [-0.2, 0) is 11.3 Å². The standard InChI is InChI=1S/C11H10N6O3S/c1-2-20-11(19)9-14-15-16-17(9)5-7-12-6-3-4-21-8(6)10(18)13-7/h3-4H,2,5H2,1H3,(H,12,13,18). The van der Waals surface area contributed by atoms with Crippen LogP contribution in [0.1, 0.15) is 23.4 Å². The van der Waals surface area contributed by atoms with Gasteiger partial charge in [-0.25, -0.2) is 14.5 Å². The SMILES string of the molecule is CCOC(=O)c1nnnn1Cc1nc2ccsc2c(=O)[nH]1. The molecular formula is C11H10N6O3S. The normalized spacial score (nSPS) is 10.9. The van der Waals surface area contributed by atoms with Crippen molar-refractivity contribution in [2.75, 3.05) is 6.61 Å². The lowest BCUT2D eigenvalue weighted by molar-refractivity contribution is 0.0505. The molecule has 3 aromatic heterocycles. The third-order valence-electron chi connectivity index (χ3n) is 2.65. The number of aromatic amines is 1. The number of fused-ring (bicyclic) bond motifs is 1. The maximum atomic E-state index is 11.9. The van der Waals surface area contributed by atoms with Crippen molar-refractivity contribution in [2.45, 2.75) is 13.5 Å². The highest BCUT2D eigenvalue weighted by molar-refractivity contribution is 7.17. The van der Waals surface area contributed by atoms with E-state index in [9.17, 15) is 9.59 Å². The zero-order valence-electron chi connectivity index (χ0n) is 10.9. The second kappa shape index (κ2) is 5.40. The zero-order valence-corrected chi connectivity index (χ0v) is 11.8. The highest BCUT2D eigenvalue weighted by Crippen LogP contribution is 2.13. The molecule has 3 heterocycles. The number of thiophene rings is 1. The number of aromatic nitrogens is 6. The number of carbonyl (C=O) groups is 1. The Kier molecular flexibility index (Phi) is 3.44. The molecule has 0 unspecified atom stereocenters. The van der Waals surface area contributed by atoms with E-state index in [1.807, 2.05) is 0 Å². The van der Waals surface area contributed by atoms with Crippen LogP contribution in [0.15, 0.2) is 16.2 Å². The predicted molar refractivity (Wildman–Crippen MR) is 73.1 cm³/mol. The summed E-state index contributed by atoms with van der Waals surface area (Å²) in [5.41, 5.74) is 0.375. The summed E-state index contributed by atoms with van der Waals surface area (Å²) in [7, 11) is 0. The van der Waals surface area contributed by atoms with Gasteiger partial charge in [-0.15, -0.1) is 16.4 Å². The number of nitrogens with zero attached hydrogens (tertiary/aromatic N) is 5. The van der Waals surface area contributed by atoms with Crippen molar-refractivity contribution in [1.29, 1.82) is 0 Å². The van der Waals surface area contributed by atoms with Gasteiger partial charge in [0.15, 0.2) is 0 Å². The number of nitrogens with one attached hydrogen (secondary N) is 1. The minimum absolute atomic E-state index is 0.0371. The number of esters is 1. The Labute approximate surface area is 121 Å². The Balaban J connectivity index is 1.94. The van der Waals surface area contributed by atoms with Gasteiger partial charge in [-0.2, -0.15) is 0 Å². The number of hydrogen-bond acceptors (Lipinski definition) is 8. The molecule has 9 nitrogen and oxygen atoms in total. The number of ether oxygens (including phenoxy) is 1. The molecule has 0 saturated carbocycles. The van der Waals surface area contributed by atoms with E-state index in [0.717, 1.165) is 0 Å². The Morgan fingerprint density at radius 1 is 1.52 bits per heavy atom. The number of hydrogen-bond donors (Lipinski definition) is 1. The molecule has 10 heteroatoms. The molecule has 0 aliphatic heterocycles. The topological polar surface area (TPSA) is 116 Å². The Bertz CT molecular complexity index is 851. The van der Waals surface area contributed by atoms with Crippen molar-refractivity contribution >= 4 is 27.5 Å². The monoisotopic (exact) mass is 306 g/mol. The van der Waals surface area contributed by atoms with Crippen LogP contribution >= 0.6 is 11.3 Å². The summed E-state index contributed by atoms with van der Waals surface area (Å²) < 4.78 is 6.64. The molecule has 108 valence electrons. The molecule has 21 heavy (non-hydrogen) atoms. The molecule has 0 saturated heterocycles. The van der Waals surface area contributed by atoms with E-state index in [2.05, 4.69) is 25.5 Å². The summed E-state index contributed by atoms with van der Waals surface area (Å²) in [6.45, 7) is 1.99. The van der Waals surface area contributed by atoms with E-state index in [-0.39, 0.29) is 24.5 Å². The van der Waals surface area contributed by atoms with Crippen molar-refractivity contribution in [2.24, 2.45) is 0 Å². The molecule has 3 rings (SSSR count). The molecule has 1 N–H and O–H groups in total. The molecule has 0 aliphatic rings. The molecule has 0 radical (unpaired) electrons. The fourth-order valence-corrected chi connectivity index (χ4v) is 2.52. The van der Waals surface area contributed by atoms with E-state index in [1.165, 1.54) is 16.0 Å². The highest BCUT2D eigenvalue weighted by atomic mass is 32.1. The number of carbonyl (C=O) groups excluding carboxylic acids is 1. The van der Waals surface area contributed by atoms with Crippen LogP contribution in [0.4, 0.5) is 0 Å². The van der Waals surface area contributed by atoms with E-state index in [1.54, 1.807) is 18.4 Å². The summed E-state index contributed by atoms with van der Waals surface area (Å²) in [5, 5.41) is 12.6. The van der Waals surface area contributed by atoms with E-state index >= 15 is 0 Å². The van der Waals surface area contributed by atoms with E-state index < -0.39 is 5.97 Å². The first-order chi connectivity index (χ1) is 10.2. The molecule has 0 bridgehead atoms. The van der Waals surface area contributed by atoms with Crippen LogP contribution in [0, 0.1) is 0 Å². The fourth-order valence-electron chi connectivity index (χ4n) is 1.79. The summed E-state index contributed by atoms with van der Waals surface area (Å²) in [5.74, 6) is -0.296. The Morgan fingerprint density at radius 3 is 3.19 bits per heavy atom. The van der Waals surface area contributed by atoms with E-state index in [0.29, 0.717) is 16.0 Å². The molecule has 3 aromatic rings. The maximum Gasteiger partial charge on any atom is 0.378 e. The first-order valence-corrected chi connectivity index (χ1v) is 6.96. The average Bonchev–Trinajstić information content (AvgIpc) is 3.08. The lowest BCUT2D eigenvalue weighted by Crippen LogP contribution is -2.18. The second-order valence-electron chi connectivity index (χ2n) is 4.03. The second-order valence-corrected chi connectivity index (χ2v) is 4.94. The van der Waals surface area contributed by atoms with Crippen molar-refractivity contribution in [3.8, 4) is 0 Å². The van der Waals surface area contributed by atoms with Gasteiger partial charge in [0.25, 0.3) is 11.4 Å². The van der Waals surface area contributed by atoms with Crippen molar-refractivity contribution in [3.05, 3.63) is 33.4 Å². The van der Waals surface area contributed by atoms with Crippen LogP contribution in [0.2, 0.25) is 0 Å². The Hall–Kier alpha value is -2.62. The molecule has 0 aromatic carbocycles. The maximum absolute atomic E-state index is 11.9. The smallest absolute Gasteiger partial charge is 0.378 e. The van der Waals surface area contributed by atoms with Gasteiger partial charge in [0.05, 0.1) is 12.1 Å². The molecule has 0 aliphatic carbocycles. The lowest BCUT2D eigenvalue weighted by Gasteiger charge is -2.03. The van der Waals surface area contributed by atoms with Gasteiger partial charge >= 0.3 is 5.97 Å². The van der Waals surface area contributed by atoms with E-state index in [4.69, 9.17) is 4.74 Å². The fraction of sp³-hybridized carbons (Fsp3) is 0.273. The van der Waals surface area contributed by atoms with Crippen molar-refractivity contribution in [3.63, 3.8) is 0 Å². The molecular weight excluding hydrogens is 296 g/mol. The Morgan fingerprint density at radius 2 is 2.38 bits per heavy atom. The quantitative estimate of drug-likeness (QED) is 0.684. The third-order valence-corrected chi connectivity index (χ3v) is 3.56. The third kappa shape index (κ3) is 2.52. The number of rotatable bonds is 4. The summed E-state index contributed by atoms with van der Waals surface area (Å²) >= 11 is 1.32. The first-order valence-electron chi connectivity index (χ1n) is 6.08. The van der Waals surface area contributed by atoms with Crippen molar-refractivity contribution in [1.82, 2.24) is 30.2 Å².